The number of carbonyl (C=O) groups excluding carboxylic acids is 2. The Morgan fingerprint density at radius 3 is 2.71 bits per heavy atom. The lowest BCUT2D eigenvalue weighted by molar-refractivity contribution is 0.101. The zero-order valence-corrected chi connectivity index (χ0v) is 17.5. The third kappa shape index (κ3) is 4.05. The molecule has 8 nitrogen and oxygen atoms in total. The number of carbonyl (C=O) groups is 2. The fourth-order valence-corrected chi connectivity index (χ4v) is 3.36. The number of rotatable bonds is 6. The number of anilines is 1. The van der Waals surface area contributed by atoms with Crippen LogP contribution in [0.4, 0.5) is 5.69 Å². The highest BCUT2D eigenvalue weighted by atomic mass is 16.2. The SMILES string of the molecule is CCc1ccnc(C(=O)Nc2cncc(C(=O)c3cn(C(C)C)c4ncncc34)c2)c1. The van der Waals surface area contributed by atoms with Crippen molar-refractivity contribution in [2.45, 2.75) is 33.2 Å². The molecule has 0 bridgehead atoms. The molecule has 0 saturated carbocycles. The van der Waals surface area contributed by atoms with Crippen molar-refractivity contribution in [1.82, 2.24) is 24.5 Å². The van der Waals surface area contributed by atoms with Gasteiger partial charge in [0.1, 0.15) is 17.7 Å². The Labute approximate surface area is 179 Å². The summed E-state index contributed by atoms with van der Waals surface area (Å²) in [5.41, 5.74) is 3.31. The third-order valence-electron chi connectivity index (χ3n) is 5.02. The van der Waals surface area contributed by atoms with Crippen LogP contribution >= 0.6 is 0 Å². The van der Waals surface area contributed by atoms with Crippen molar-refractivity contribution < 1.29 is 9.59 Å². The van der Waals surface area contributed by atoms with Gasteiger partial charge in [0.25, 0.3) is 5.91 Å². The summed E-state index contributed by atoms with van der Waals surface area (Å²) in [6, 6.07) is 5.36. The van der Waals surface area contributed by atoms with Gasteiger partial charge in [-0.2, -0.15) is 0 Å². The number of pyridine rings is 2. The van der Waals surface area contributed by atoms with Gasteiger partial charge in [0, 0.05) is 41.8 Å². The number of ketones is 1. The average Bonchev–Trinajstić information content (AvgIpc) is 3.19. The van der Waals surface area contributed by atoms with Gasteiger partial charge >= 0.3 is 0 Å². The number of hydrogen-bond acceptors (Lipinski definition) is 6. The number of amides is 1. The summed E-state index contributed by atoms with van der Waals surface area (Å²) in [4.78, 5) is 42.5. The average molecular weight is 414 g/mol. The molecule has 1 amide bonds. The summed E-state index contributed by atoms with van der Waals surface area (Å²) in [5, 5.41) is 3.45. The second-order valence-electron chi connectivity index (χ2n) is 7.45. The van der Waals surface area contributed by atoms with Crippen molar-refractivity contribution in [1.29, 1.82) is 0 Å². The molecule has 0 radical (unpaired) electrons. The van der Waals surface area contributed by atoms with E-state index >= 15 is 0 Å². The van der Waals surface area contributed by atoms with Gasteiger partial charge in [-0.1, -0.05) is 6.92 Å². The second-order valence-corrected chi connectivity index (χ2v) is 7.45. The lowest BCUT2D eigenvalue weighted by Gasteiger charge is -2.07. The van der Waals surface area contributed by atoms with Crippen molar-refractivity contribution in [2.75, 3.05) is 5.32 Å². The molecule has 0 spiro atoms. The van der Waals surface area contributed by atoms with Gasteiger partial charge in [0.15, 0.2) is 5.78 Å². The van der Waals surface area contributed by atoms with Crippen LogP contribution in [0.5, 0.6) is 0 Å². The number of nitrogens with zero attached hydrogens (tertiary/aromatic N) is 5. The largest absolute Gasteiger partial charge is 0.329 e. The van der Waals surface area contributed by atoms with E-state index in [2.05, 4.69) is 25.3 Å². The van der Waals surface area contributed by atoms with E-state index in [9.17, 15) is 9.59 Å². The molecule has 0 saturated heterocycles. The predicted molar refractivity (Wildman–Crippen MR) is 117 cm³/mol. The first-order valence-electron chi connectivity index (χ1n) is 10.0. The second kappa shape index (κ2) is 8.43. The predicted octanol–water partition coefficient (Wildman–Crippen LogP) is 3.85. The van der Waals surface area contributed by atoms with Crippen LogP contribution in [-0.2, 0) is 6.42 Å². The molecular weight excluding hydrogens is 392 g/mol. The highest BCUT2D eigenvalue weighted by Gasteiger charge is 2.20. The molecule has 4 aromatic heterocycles. The highest BCUT2D eigenvalue weighted by Crippen LogP contribution is 2.25. The van der Waals surface area contributed by atoms with Crippen LogP contribution in [0, 0.1) is 0 Å². The van der Waals surface area contributed by atoms with Gasteiger partial charge in [-0.25, -0.2) is 9.97 Å². The summed E-state index contributed by atoms with van der Waals surface area (Å²) < 4.78 is 1.94. The zero-order chi connectivity index (χ0) is 22.0. The van der Waals surface area contributed by atoms with Gasteiger partial charge in [0.2, 0.25) is 0 Å². The maximum absolute atomic E-state index is 13.3. The highest BCUT2D eigenvalue weighted by molar-refractivity contribution is 6.16. The van der Waals surface area contributed by atoms with Crippen molar-refractivity contribution in [3.63, 3.8) is 0 Å². The van der Waals surface area contributed by atoms with Crippen LogP contribution in [-0.4, -0.2) is 36.2 Å². The molecule has 0 fully saturated rings. The Bertz CT molecular complexity index is 1280. The number of nitrogens with one attached hydrogen (secondary N) is 1. The van der Waals surface area contributed by atoms with Gasteiger partial charge in [0.05, 0.1) is 17.4 Å². The maximum Gasteiger partial charge on any atom is 0.274 e. The molecule has 0 atom stereocenters. The molecule has 8 heteroatoms. The summed E-state index contributed by atoms with van der Waals surface area (Å²) in [5.74, 6) is -0.569. The lowest BCUT2D eigenvalue weighted by Crippen LogP contribution is -2.14. The monoisotopic (exact) mass is 414 g/mol. The molecule has 4 heterocycles. The minimum atomic E-state index is -0.355. The van der Waals surface area contributed by atoms with Gasteiger partial charge in [-0.05, 0) is 44.0 Å². The molecule has 156 valence electrons. The van der Waals surface area contributed by atoms with Crippen molar-refractivity contribution in [3.8, 4) is 0 Å². The first kappa shape index (κ1) is 20.3. The van der Waals surface area contributed by atoms with Gasteiger partial charge in [-0.3, -0.25) is 19.6 Å². The normalized spacial score (nSPS) is 11.1. The van der Waals surface area contributed by atoms with Gasteiger partial charge in [-0.15, -0.1) is 0 Å². The summed E-state index contributed by atoms with van der Waals surface area (Å²) in [7, 11) is 0. The van der Waals surface area contributed by atoms with Crippen LogP contribution in [0.15, 0.2) is 55.5 Å². The Morgan fingerprint density at radius 2 is 1.94 bits per heavy atom. The molecule has 0 aromatic carbocycles. The summed E-state index contributed by atoms with van der Waals surface area (Å²) in [6.07, 6.45) is 10.3. The maximum atomic E-state index is 13.3. The van der Waals surface area contributed by atoms with E-state index in [1.165, 1.54) is 18.7 Å². The topological polar surface area (TPSA) is 103 Å². The van der Waals surface area contributed by atoms with Gasteiger partial charge < -0.3 is 9.88 Å². The van der Waals surface area contributed by atoms with Crippen LogP contribution in [0.2, 0.25) is 0 Å². The van der Waals surface area contributed by atoms with E-state index < -0.39 is 0 Å². The number of hydrogen-bond donors (Lipinski definition) is 1. The molecule has 31 heavy (non-hydrogen) atoms. The number of fused-ring (bicyclic) bond motifs is 1. The molecule has 0 unspecified atom stereocenters. The molecule has 0 aliphatic heterocycles. The Kier molecular flexibility index (Phi) is 5.53. The van der Waals surface area contributed by atoms with Crippen molar-refractivity contribution in [3.05, 3.63) is 77.9 Å². The van der Waals surface area contributed by atoms with E-state index in [1.807, 2.05) is 31.4 Å². The zero-order valence-electron chi connectivity index (χ0n) is 17.5. The smallest absolute Gasteiger partial charge is 0.274 e. The fourth-order valence-electron chi connectivity index (χ4n) is 3.36. The molecular formula is C23H22N6O2. The molecule has 4 aromatic rings. The first-order chi connectivity index (χ1) is 15.0. The molecule has 0 aliphatic rings. The van der Waals surface area contributed by atoms with Crippen LogP contribution < -0.4 is 5.32 Å². The Balaban J connectivity index is 1.63. The van der Waals surface area contributed by atoms with Crippen LogP contribution in [0.1, 0.15) is 58.8 Å². The first-order valence-corrected chi connectivity index (χ1v) is 10.0. The quantitative estimate of drug-likeness (QED) is 0.481. The standard InChI is InChI=1S/C23H22N6O2/c1-4-15-5-6-26-20(7-15)23(31)28-17-8-16(9-24-10-17)21(30)19-12-29(14(2)3)22-18(19)11-25-13-27-22/h5-14H,4H2,1-3H3,(H,28,31). The number of aryl methyl sites for hydroxylation is 1. The molecule has 0 aliphatic carbocycles. The minimum Gasteiger partial charge on any atom is -0.329 e. The Hall–Kier alpha value is -3.94. The lowest BCUT2D eigenvalue weighted by atomic mass is 10.1. The fraction of sp³-hybridized carbons (Fsp3) is 0.217. The Morgan fingerprint density at radius 1 is 1.10 bits per heavy atom. The van der Waals surface area contributed by atoms with E-state index in [4.69, 9.17) is 0 Å². The van der Waals surface area contributed by atoms with E-state index in [1.54, 1.807) is 30.7 Å². The van der Waals surface area contributed by atoms with Crippen LogP contribution in [0.3, 0.4) is 0 Å². The van der Waals surface area contributed by atoms with E-state index in [0.717, 1.165) is 12.0 Å². The summed E-state index contributed by atoms with van der Waals surface area (Å²) in [6.45, 7) is 6.06. The third-order valence-corrected chi connectivity index (χ3v) is 5.02. The van der Waals surface area contributed by atoms with Crippen molar-refractivity contribution in [2.24, 2.45) is 0 Å². The molecule has 1 N–H and O–H groups in total. The summed E-state index contributed by atoms with van der Waals surface area (Å²) >= 11 is 0. The van der Waals surface area contributed by atoms with Crippen LogP contribution in [0.25, 0.3) is 11.0 Å². The number of aromatic nitrogens is 5. The minimum absolute atomic E-state index is 0.133. The van der Waals surface area contributed by atoms with E-state index in [0.29, 0.717) is 33.5 Å². The van der Waals surface area contributed by atoms with Crippen molar-refractivity contribution >= 4 is 28.4 Å². The molecule has 4 rings (SSSR count). The van der Waals surface area contributed by atoms with E-state index in [-0.39, 0.29) is 17.7 Å².